The molecule has 0 saturated carbocycles. The SMILES string of the molecule is CCCCC(Br)Cc1ncc[nH]1. The summed E-state index contributed by atoms with van der Waals surface area (Å²) < 4.78 is 0. The molecule has 0 aliphatic heterocycles. The topological polar surface area (TPSA) is 28.7 Å². The Balaban J connectivity index is 2.22. The number of alkyl halides is 1. The lowest BCUT2D eigenvalue weighted by molar-refractivity contribution is 0.676. The number of halogens is 1. The fraction of sp³-hybridized carbons (Fsp3) is 0.667. The Kier molecular flexibility index (Phi) is 4.36. The molecule has 0 fully saturated rings. The van der Waals surface area contributed by atoms with Gasteiger partial charge in [-0.25, -0.2) is 4.98 Å². The molecule has 12 heavy (non-hydrogen) atoms. The van der Waals surface area contributed by atoms with E-state index in [1.165, 1.54) is 19.3 Å². The molecule has 2 nitrogen and oxygen atoms in total. The molecule has 1 unspecified atom stereocenters. The lowest BCUT2D eigenvalue weighted by Gasteiger charge is -2.05. The first-order valence-corrected chi connectivity index (χ1v) is 5.36. The van der Waals surface area contributed by atoms with E-state index in [0.717, 1.165) is 12.2 Å². The summed E-state index contributed by atoms with van der Waals surface area (Å²) in [7, 11) is 0. The summed E-state index contributed by atoms with van der Waals surface area (Å²) >= 11 is 3.64. The Morgan fingerprint density at radius 1 is 1.67 bits per heavy atom. The van der Waals surface area contributed by atoms with E-state index in [4.69, 9.17) is 0 Å². The highest BCUT2D eigenvalue weighted by molar-refractivity contribution is 9.09. The van der Waals surface area contributed by atoms with Gasteiger partial charge in [0.25, 0.3) is 0 Å². The van der Waals surface area contributed by atoms with Crippen LogP contribution in [0.4, 0.5) is 0 Å². The summed E-state index contributed by atoms with van der Waals surface area (Å²) in [5.41, 5.74) is 0. The second kappa shape index (κ2) is 5.36. The molecule has 1 heterocycles. The number of unbranched alkanes of at least 4 members (excludes halogenated alkanes) is 1. The van der Waals surface area contributed by atoms with Crippen LogP contribution >= 0.6 is 15.9 Å². The average Bonchev–Trinajstić information content (AvgIpc) is 2.53. The van der Waals surface area contributed by atoms with Crippen molar-refractivity contribution in [2.75, 3.05) is 0 Å². The van der Waals surface area contributed by atoms with Crippen molar-refractivity contribution in [3.05, 3.63) is 18.2 Å². The molecule has 0 aromatic carbocycles. The molecule has 0 spiro atoms. The Morgan fingerprint density at radius 2 is 2.50 bits per heavy atom. The minimum Gasteiger partial charge on any atom is -0.349 e. The van der Waals surface area contributed by atoms with Crippen molar-refractivity contribution in [3.63, 3.8) is 0 Å². The van der Waals surface area contributed by atoms with E-state index in [-0.39, 0.29) is 0 Å². The number of nitrogens with zero attached hydrogens (tertiary/aromatic N) is 1. The van der Waals surface area contributed by atoms with Crippen LogP contribution in [-0.4, -0.2) is 14.8 Å². The number of hydrogen-bond donors (Lipinski definition) is 1. The van der Waals surface area contributed by atoms with E-state index in [0.29, 0.717) is 4.83 Å². The Labute approximate surface area is 81.9 Å². The van der Waals surface area contributed by atoms with Crippen molar-refractivity contribution in [2.24, 2.45) is 0 Å². The summed E-state index contributed by atoms with van der Waals surface area (Å²) in [4.78, 5) is 7.85. The van der Waals surface area contributed by atoms with E-state index < -0.39 is 0 Å². The first-order chi connectivity index (χ1) is 5.83. The molecule has 0 aliphatic rings. The minimum absolute atomic E-state index is 0.573. The van der Waals surface area contributed by atoms with Crippen LogP contribution in [0.15, 0.2) is 12.4 Å². The number of aromatic nitrogens is 2. The second-order valence-corrected chi connectivity index (χ2v) is 4.27. The fourth-order valence-electron chi connectivity index (χ4n) is 1.15. The summed E-state index contributed by atoms with van der Waals surface area (Å²) in [6, 6.07) is 0. The fourth-order valence-corrected chi connectivity index (χ4v) is 1.78. The first-order valence-electron chi connectivity index (χ1n) is 4.45. The Hall–Kier alpha value is -0.310. The maximum atomic E-state index is 4.18. The molecule has 0 saturated heterocycles. The molecule has 1 aromatic heterocycles. The number of nitrogens with one attached hydrogen (secondary N) is 1. The highest BCUT2D eigenvalue weighted by atomic mass is 79.9. The van der Waals surface area contributed by atoms with E-state index >= 15 is 0 Å². The molecule has 1 N–H and O–H groups in total. The van der Waals surface area contributed by atoms with Gasteiger partial charge in [0.15, 0.2) is 0 Å². The van der Waals surface area contributed by atoms with Crippen molar-refractivity contribution < 1.29 is 0 Å². The van der Waals surface area contributed by atoms with Gasteiger partial charge in [-0.1, -0.05) is 35.7 Å². The molecule has 3 heteroatoms. The van der Waals surface area contributed by atoms with Gasteiger partial charge in [-0.3, -0.25) is 0 Å². The van der Waals surface area contributed by atoms with Crippen LogP contribution in [-0.2, 0) is 6.42 Å². The number of imidazole rings is 1. The van der Waals surface area contributed by atoms with Crippen molar-refractivity contribution in [1.29, 1.82) is 0 Å². The molecule has 0 amide bonds. The number of hydrogen-bond acceptors (Lipinski definition) is 1. The molecule has 0 bridgehead atoms. The van der Waals surface area contributed by atoms with Gasteiger partial charge in [0.05, 0.1) is 0 Å². The van der Waals surface area contributed by atoms with Gasteiger partial charge in [-0.15, -0.1) is 0 Å². The summed E-state index contributed by atoms with van der Waals surface area (Å²) in [6.07, 6.45) is 8.46. The van der Waals surface area contributed by atoms with Gasteiger partial charge in [0, 0.05) is 23.6 Å². The lowest BCUT2D eigenvalue weighted by atomic mass is 10.1. The maximum Gasteiger partial charge on any atom is 0.107 e. The van der Waals surface area contributed by atoms with Crippen LogP contribution in [0.1, 0.15) is 32.0 Å². The van der Waals surface area contributed by atoms with Crippen molar-refractivity contribution >= 4 is 15.9 Å². The normalized spacial score (nSPS) is 13.2. The maximum absolute atomic E-state index is 4.18. The summed E-state index contributed by atoms with van der Waals surface area (Å²) in [5, 5.41) is 0. The molecular formula is C9H15BrN2. The predicted molar refractivity (Wildman–Crippen MR) is 54.5 cm³/mol. The van der Waals surface area contributed by atoms with Gasteiger partial charge in [0.2, 0.25) is 0 Å². The standard InChI is InChI=1S/C9H15BrN2/c1-2-3-4-8(10)7-9-11-5-6-12-9/h5-6,8H,2-4,7H2,1H3,(H,11,12). The molecule has 1 atom stereocenters. The van der Waals surface area contributed by atoms with Crippen LogP contribution in [0, 0.1) is 0 Å². The zero-order valence-corrected chi connectivity index (χ0v) is 8.97. The van der Waals surface area contributed by atoms with Gasteiger partial charge < -0.3 is 4.98 Å². The quantitative estimate of drug-likeness (QED) is 0.775. The van der Waals surface area contributed by atoms with E-state index in [1.54, 1.807) is 6.20 Å². The van der Waals surface area contributed by atoms with Crippen molar-refractivity contribution in [1.82, 2.24) is 9.97 Å². The van der Waals surface area contributed by atoms with Crippen LogP contribution in [0.5, 0.6) is 0 Å². The lowest BCUT2D eigenvalue weighted by Crippen LogP contribution is -2.03. The highest BCUT2D eigenvalue weighted by Gasteiger charge is 2.05. The monoisotopic (exact) mass is 230 g/mol. The van der Waals surface area contributed by atoms with Gasteiger partial charge >= 0.3 is 0 Å². The second-order valence-electron chi connectivity index (χ2n) is 2.98. The third-order valence-corrected chi connectivity index (χ3v) is 2.62. The number of rotatable bonds is 5. The van der Waals surface area contributed by atoms with Crippen LogP contribution in [0.3, 0.4) is 0 Å². The predicted octanol–water partition coefficient (Wildman–Crippen LogP) is 2.91. The van der Waals surface area contributed by atoms with Gasteiger partial charge in [-0.05, 0) is 6.42 Å². The van der Waals surface area contributed by atoms with Gasteiger partial charge in [0.1, 0.15) is 5.82 Å². The molecule has 0 radical (unpaired) electrons. The third-order valence-electron chi connectivity index (χ3n) is 1.84. The molecular weight excluding hydrogens is 216 g/mol. The number of H-pyrrole nitrogens is 1. The zero-order valence-electron chi connectivity index (χ0n) is 7.39. The van der Waals surface area contributed by atoms with E-state index in [2.05, 4.69) is 32.8 Å². The summed E-state index contributed by atoms with van der Waals surface area (Å²) in [6.45, 7) is 2.21. The van der Waals surface area contributed by atoms with Crippen LogP contribution < -0.4 is 0 Å². The molecule has 68 valence electrons. The number of aromatic amines is 1. The minimum atomic E-state index is 0.573. The van der Waals surface area contributed by atoms with E-state index in [9.17, 15) is 0 Å². The first kappa shape index (κ1) is 9.78. The summed E-state index contributed by atoms with van der Waals surface area (Å²) in [5.74, 6) is 1.08. The molecule has 0 aliphatic carbocycles. The Morgan fingerprint density at radius 3 is 3.08 bits per heavy atom. The largest absolute Gasteiger partial charge is 0.349 e. The van der Waals surface area contributed by atoms with E-state index in [1.807, 2.05) is 6.20 Å². The smallest absolute Gasteiger partial charge is 0.107 e. The third kappa shape index (κ3) is 3.39. The Bertz CT molecular complexity index is 196. The van der Waals surface area contributed by atoms with Gasteiger partial charge in [-0.2, -0.15) is 0 Å². The average molecular weight is 231 g/mol. The highest BCUT2D eigenvalue weighted by Crippen LogP contribution is 2.13. The van der Waals surface area contributed by atoms with Crippen molar-refractivity contribution in [3.8, 4) is 0 Å². The van der Waals surface area contributed by atoms with Crippen LogP contribution in [0.25, 0.3) is 0 Å². The van der Waals surface area contributed by atoms with Crippen LogP contribution in [0.2, 0.25) is 0 Å². The van der Waals surface area contributed by atoms with Crippen molar-refractivity contribution in [2.45, 2.75) is 37.4 Å². The molecule has 1 rings (SSSR count). The zero-order chi connectivity index (χ0) is 8.81. The molecule has 1 aromatic rings.